The van der Waals surface area contributed by atoms with Crippen LogP contribution in [0.5, 0.6) is 17.2 Å². The summed E-state index contributed by atoms with van der Waals surface area (Å²) in [5.74, 6) is 0.318. The van der Waals surface area contributed by atoms with Crippen molar-refractivity contribution in [3.8, 4) is 17.2 Å². The molecule has 1 amide bonds. The Labute approximate surface area is 179 Å². The number of fused-ring (bicyclic) bond motifs is 1. The Hall–Kier alpha value is -3.48. The number of hydrogen-bond donors (Lipinski definition) is 1. The van der Waals surface area contributed by atoms with Gasteiger partial charge in [-0.3, -0.25) is 9.59 Å². The molecule has 2 aliphatic heterocycles. The highest BCUT2D eigenvalue weighted by Crippen LogP contribution is 2.44. The lowest BCUT2D eigenvalue weighted by Crippen LogP contribution is -2.37. The van der Waals surface area contributed by atoms with Crippen LogP contribution < -0.4 is 14.2 Å². The third kappa shape index (κ3) is 3.21. The number of carbonyl (C=O) groups is 2. The average Bonchev–Trinajstić information content (AvgIpc) is 3.53. The Bertz CT molecular complexity index is 1070. The van der Waals surface area contributed by atoms with E-state index in [1.54, 1.807) is 42.3 Å². The van der Waals surface area contributed by atoms with Crippen molar-refractivity contribution in [1.29, 1.82) is 0 Å². The summed E-state index contributed by atoms with van der Waals surface area (Å²) in [6.07, 6.45) is 3.74. The van der Waals surface area contributed by atoms with E-state index in [1.807, 2.05) is 12.1 Å². The molecule has 1 unspecified atom stereocenters. The topological polar surface area (TPSA) is 85.3 Å². The molecule has 7 heteroatoms. The lowest BCUT2D eigenvalue weighted by Gasteiger charge is -2.30. The molecule has 1 aliphatic carbocycles. The third-order valence-corrected chi connectivity index (χ3v) is 6.28. The van der Waals surface area contributed by atoms with Crippen molar-refractivity contribution in [2.75, 3.05) is 13.9 Å². The van der Waals surface area contributed by atoms with Gasteiger partial charge in [-0.05, 0) is 48.7 Å². The number of likely N-dealkylation sites (tertiary alicyclic amines) is 1. The molecule has 5 rings (SSSR count). The number of hydrogen-bond acceptors (Lipinski definition) is 6. The van der Waals surface area contributed by atoms with E-state index in [1.165, 1.54) is 0 Å². The van der Waals surface area contributed by atoms with Crippen LogP contribution in [0.1, 0.15) is 42.9 Å². The zero-order chi connectivity index (χ0) is 21.5. The number of nitrogens with zero attached hydrogens (tertiary/aromatic N) is 1. The van der Waals surface area contributed by atoms with Crippen LogP contribution in [0.4, 0.5) is 0 Å². The molecule has 1 N–H and O–H groups in total. The Balaban J connectivity index is 1.64. The van der Waals surface area contributed by atoms with Gasteiger partial charge < -0.3 is 24.2 Å². The normalized spacial score (nSPS) is 22.4. The van der Waals surface area contributed by atoms with Crippen LogP contribution in [-0.2, 0) is 9.59 Å². The molecule has 2 aromatic carbocycles. The van der Waals surface area contributed by atoms with Crippen LogP contribution >= 0.6 is 0 Å². The minimum Gasteiger partial charge on any atom is -0.507 e. The number of rotatable bonds is 4. The van der Waals surface area contributed by atoms with Gasteiger partial charge in [-0.15, -0.1) is 0 Å². The van der Waals surface area contributed by atoms with E-state index >= 15 is 0 Å². The van der Waals surface area contributed by atoms with Crippen LogP contribution in [-0.4, -0.2) is 41.6 Å². The SMILES string of the molecule is COc1ccc(C2/C(=C(/O)c3ccc4c(c3)OCO4)C(=O)C(=O)N2C2CCCC2)cc1. The summed E-state index contributed by atoms with van der Waals surface area (Å²) in [5, 5.41) is 11.2. The minimum atomic E-state index is -0.664. The molecule has 0 spiro atoms. The number of ether oxygens (including phenoxy) is 3. The summed E-state index contributed by atoms with van der Waals surface area (Å²) in [4.78, 5) is 27.9. The highest BCUT2D eigenvalue weighted by Gasteiger charge is 2.49. The maximum Gasteiger partial charge on any atom is 0.295 e. The molecule has 3 aliphatic rings. The molecule has 1 atom stereocenters. The summed E-state index contributed by atoms with van der Waals surface area (Å²) in [7, 11) is 1.58. The van der Waals surface area contributed by atoms with Crippen molar-refractivity contribution >= 4 is 17.4 Å². The van der Waals surface area contributed by atoms with Crippen molar-refractivity contribution < 1.29 is 28.9 Å². The quantitative estimate of drug-likeness (QED) is 0.459. The van der Waals surface area contributed by atoms with Crippen molar-refractivity contribution in [3.05, 3.63) is 59.2 Å². The first-order valence-electron chi connectivity index (χ1n) is 10.4. The molecular weight excluding hydrogens is 398 g/mol. The molecule has 0 aromatic heterocycles. The van der Waals surface area contributed by atoms with Gasteiger partial charge in [-0.1, -0.05) is 25.0 Å². The van der Waals surface area contributed by atoms with Gasteiger partial charge in [0.1, 0.15) is 11.5 Å². The molecule has 7 nitrogen and oxygen atoms in total. The van der Waals surface area contributed by atoms with E-state index < -0.39 is 17.7 Å². The average molecular weight is 421 g/mol. The zero-order valence-corrected chi connectivity index (χ0v) is 17.2. The van der Waals surface area contributed by atoms with Gasteiger partial charge in [0.15, 0.2) is 11.5 Å². The van der Waals surface area contributed by atoms with Gasteiger partial charge in [0.2, 0.25) is 6.79 Å². The first kappa shape index (κ1) is 19.5. The number of aliphatic hydroxyl groups excluding tert-OH is 1. The maximum atomic E-state index is 13.1. The molecule has 0 bridgehead atoms. The highest BCUT2D eigenvalue weighted by atomic mass is 16.7. The molecule has 31 heavy (non-hydrogen) atoms. The lowest BCUT2D eigenvalue weighted by atomic mass is 9.94. The number of amides is 1. The van der Waals surface area contributed by atoms with Crippen molar-refractivity contribution in [2.45, 2.75) is 37.8 Å². The predicted molar refractivity (Wildman–Crippen MR) is 112 cm³/mol. The number of Topliss-reactive ketones (excluding diaryl/α,β-unsaturated/α-hetero) is 1. The molecule has 2 fully saturated rings. The highest BCUT2D eigenvalue weighted by molar-refractivity contribution is 6.46. The van der Waals surface area contributed by atoms with Crippen molar-refractivity contribution in [1.82, 2.24) is 4.90 Å². The summed E-state index contributed by atoms with van der Waals surface area (Å²) in [5.41, 5.74) is 1.27. The molecule has 160 valence electrons. The second-order valence-electron chi connectivity index (χ2n) is 7.99. The fraction of sp³-hybridized carbons (Fsp3) is 0.333. The predicted octanol–water partition coefficient (Wildman–Crippen LogP) is 3.79. The van der Waals surface area contributed by atoms with E-state index in [0.717, 1.165) is 31.2 Å². The smallest absolute Gasteiger partial charge is 0.295 e. The van der Waals surface area contributed by atoms with Gasteiger partial charge in [0.25, 0.3) is 11.7 Å². The van der Waals surface area contributed by atoms with Gasteiger partial charge in [-0.25, -0.2) is 0 Å². The largest absolute Gasteiger partial charge is 0.507 e. The molecular formula is C24H23NO6. The fourth-order valence-electron chi connectivity index (χ4n) is 4.72. The summed E-state index contributed by atoms with van der Waals surface area (Å²) >= 11 is 0. The Morgan fingerprint density at radius 2 is 1.74 bits per heavy atom. The number of carbonyl (C=O) groups excluding carboxylic acids is 2. The lowest BCUT2D eigenvalue weighted by molar-refractivity contribution is -0.141. The first-order valence-corrected chi connectivity index (χ1v) is 10.4. The van der Waals surface area contributed by atoms with Gasteiger partial charge in [-0.2, -0.15) is 0 Å². The van der Waals surface area contributed by atoms with Crippen LogP contribution in [0.2, 0.25) is 0 Å². The van der Waals surface area contributed by atoms with Crippen molar-refractivity contribution in [3.63, 3.8) is 0 Å². The van der Waals surface area contributed by atoms with E-state index in [-0.39, 0.29) is 24.2 Å². The second-order valence-corrected chi connectivity index (χ2v) is 7.99. The maximum absolute atomic E-state index is 13.1. The van der Waals surface area contributed by atoms with Crippen LogP contribution in [0.15, 0.2) is 48.0 Å². The Morgan fingerprint density at radius 1 is 1.03 bits per heavy atom. The fourth-order valence-corrected chi connectivity index (χ4v) is 4.72. The monoisotopic (exact) mass is 421 g/mol. The van der Waals surface area contributed by atoms with Gasteiger partial charge >= 0.3 is 0 Å². The molecule has 1 saturated heterocycles. The van der Waals surface area contributed by atoms with Gasteiger partial charge in [0.05, 0.1) is 18.7 Å². The van der Waals surface area contributed by atoms with Crippen molar-refractivity contribution in [2.24, 2.45) is 0 Å². The second kappa shape index (κ2) is 7.65. The van der Waals surface area contributed by atoms with Gasteiger partial charge in [0, 0.05) is 11.6 Å². The Morgan fingerprint density at radius 3 is 2.45 bits per heavy atom. The Kier molecular flexibility index (Phi) is 4.81. The zero-order valence-electron chi connectivity index (χ0n) is 17.2. The summed E-state index contributed by atoms with van der Waals surface area (Å²) in [6.45, 7) is 0.109. The summed E-state index contributed by atoms with van der Waals surface area (Å²) in [6, 6.07) is 11.6. The molecule has 2 heterocycles. The first-order chi connectivity index (χ1) is 15.1. The summed E-state index contributed by atoms with van der Waals surface area (Å²) < 4.78 is 16.0. The van der Waals surface area contributed by atoms with E-state index in [0.29, 0.717) is 22.8 Å². The molecule has 1 saturated carbocycles. The number of benzene rings is 2. The minimum absolute atomic E-state index is 0.0226. The third-order valence-electron chi connectivity index (χ3n) is 6.28. The standard InChI is InChI=1S/C24H23NO6/c1-29-17-9-6-14(7-10-17)21-20(23(27)24(28)25(21)16-4-2-3-5-16)22(26)15-8-11-18-19(12-15)31-13-30-18/h6-12,16,21,26H,2-5,13H2,1H3/b22-20-. The van der Waals surface area contributed by atoms with E-state index in [2.05, 4.69) is 0 Å². The van der Waals surface area contributed by atoms with Crippen LogP contribution in [0.3, 0.4) is 0 Å². The number of methoxy groups -OCH3 is 1. The van der Waals surface area contributed by atoms with E-state index in [9.17, 15) is 14.7 Å². The molecule has 2 aromatic rings. The van der Waals surface area contributed by atoms with Crippen LogP contribution in [0.25, 0.3) is 5.76 Å². The van der Waals surface area contributed by atoms with E-state index in [4.69, 9.17) is 14.2 Å². The number of ketones is 1. The molecule has 0 radical (unpaired) electrons. The number of aliphatic hydroxyl groups is 1. The van der Waals surface area contributed by atoms with Crippen LogP contribution in [0, 0.1) is 0 Å².